The van der Waals surface area contributed by atoms with E-state index >= 15 is 0 Å². The fraction of sp³-hybridized carbons (Fsp3) is 1.00. The minimum Gasteiger partial charge on any atom is -0.392 e. The summed E-state index contributed by atoms with van der Waals surface area (Å²) in [4.78, 5) is 0. The van der Waals surface area contributed by atoms with E-state index in [-0.39, 0.29) is 0 Å². The summed E-state index contributed by atoms with van der Waals surface area (Å²) in [6.07, 6.45) is 1.04. The number of hydrogen-bond acceptors (Lipinski definition) is 1. The predicted molar refractivity (Wildman–Crippen MR) is 32.8 cm³/mol. The van der Waals surface area contributed by atoms with Gasteiger partial charge in [-0.3, -0.25) is 0 Å². The quantitative estimate of drug-likeness (QED) is 0.385. The molecule has 1 aliphatic rings. The molecule has 1 rings (SSSR count). The summed E-state index contributed by atoms with van der Waals surface area (Å²) in [6.45, 7) is -1.33. The van der Waals surface area contributed by atoms with E-state index in [1.165, 1.54) is 0 Å². The van der Waals surface area contributed by atoms with E-state index in [9.17, 15) is 0 Å². The van der Waals surface area contributed by atoms with Crippen molar-refractivity contribution < 1.29 is 4.43 Å². The van der Waals surface area contributed by atoms with Crippen molar-refractivity contribution in [2.75, 3.05) is 6.61 Å². The van der Waals surface area contributed by atoms with E-state index in [0.717, 1.165) is 19.1 Å². The third-order valence-corrected chi connectivity index (χ3v) is 4.28. The fourth-order valence-corrected chi connectivity index (χ4v) is 2.98. The van der Waals surface area contributed by atoms with Gasteiger partial charge in [0.25, 0.3) is 0 Å². The van der Waals surface area contributed by atoms with Crippen LogP contribution in [0.4, 0.5) is 0 Å². The first-order valence-electron chi connectivity index (χ1n) is 2.22. The highest BCUT2D eigenvalue weighted by Crippen LogP contribution is 2.28. The molecule has 0 radical (unpaired) electrons. The molecule has 0 aromatic rings. The molecule has 1 fully saturated rings. The van der Waals surface area contributed by atoms with E-state index in [1.54, 1.807) is 0 Å². The molecule has 0 aromatic carbocycles. The zero-order valence-electron chi connectivity index (χ0n) is 3.79. The van der Waals surface area contributed by atoms with Gasteiger partial charge in [-0.2, -0.15) is 0 Å². The summed E-state index contributed by atoms with van der Waals surface area (Å²) in [7, 11) is 0. The second-order valence-corrected chi connectivity index (χ2v) is 7.90. The lowest BCUT2D eigenvalue weighted by molar-refractivity contribution is 0.365. The highest BCUT2D eigenvalue weighted by molar-refractivity contribution is 7.42. The third-order valence-electron chi connectivity index (χ3n) is 0.925. The second-order valence-electron chi connectivity index (χ2n) is 1.59. The third kappa shape index (κ3) is 1.61. The van der Waals surface area contributed by atoms with Gasteiger partial charge in [-0.25, -0.2) is 0 Å². The van der Waals surface area contributed by atoms with Gasteiger partial charge in [-0.15, -0.1) is 22.2 Å². The molecule has 1 heterocycles. The SMILES string of the molecule is Cl[Si]1(Cl)CCCO1. The molecule has 0 aromatic heterocycles. The van der Waals surface area contributed by atoms with Crippen LogP contribution < -0.4 is 0 Å². The Balaban J connectivity index is 2.40. The monoisotopic (exact) mass is 156 g/mol. The average molecular weight is 157 g/mol. The predicted octanol–water partition coefficient (Wildman–Crippen LogP) is 1.82. The van der Waals surface area contributed by atoms with Crippen molar-refractivity contribution in [1.82, 2.24) is 0 Å². The summed E-state index contributed by atoms with van der Waals surface area (Å²) in [5.74, 6) is 0. The van der Waals surface area contributed by atoms with Crippen LogP contribution in [-0.2, 0) is 4.43 Å². The Hall–Kier alpha value is 0.757. The van der Waals surface area contributed by atoms with Crippen LogP contribution in [0.1, 0.15) is 6.42 Å². The molecular weight excluding hydrogens is 151 g/mol. The molecule has 0 N–H and O–H groups in total. The molecular formula is C3H6Cl2OSi. The summed E-state index contributed by atoms with van der Waals surface area (Å²) >= 11 is 11.3. The molecule has 4 heteroatoms. The highest BCUT2D eigenvalue weighted by atomic mass is 35.7. The Morgan fingerprint density at radius 1 is 1.43 bits per heavy atom. The van der Waals surface area contributed by atoms with Gasteiger partial charge in [0, 0.05) is 6.61 Å². The van der Waals surface area contributed by atoms with Crippen molar-refractivity contribution in [3.05, 3.63) is 0 Å². The smallest absolute Gasteiger partial charge is 0.389 e. The average Bonchev–Trinajstić information content (AvgIpc) is 1.84. The molecule has 7 heavy (non-hydrogen) atoms. The summed E-state index contributed by atoms with van der Waals surface area (Å²) < 4.78 is 5.01. The molecule has 0 unspecified atom stereocenters. The number of hydrogen-bond donors (Lipinski definition) is 0. The first kappa shape index (κ1) is 5.89. The van der Waals surface area contributed by atoms with Crippen LogP contribution in [0, 0.1) is 0 Å². The highest BCUT2D eigenvalue weighted by Gasteiger charge is 2.34. The van der Waals surface area contributed by atoms with E-state index in [0.29, 0.717) is 0 Å². The molecule has 42 valence electrons. The Kier molecular flexibility index (Phi) is 1.63. The van der Waals surface area contributed by atoms with Gasteiger partial charge in [-0.1, -0.05) is 0 Å². The van der Waals surface area contributed by atoms with Crippen molar-refractivity contribution in [2.45, 2.75) is 12.5 Å². The maximum absolute atomic E-state index is 5.65. The number of rotatable bonds is 0. The lowest BCUT2D eigenvalue weighted by Gasteiger charge is -2.03. The van der Waals surface area contributed by atoms with Gasteiger partial charge in [-0.05, 0) is 12.5 Å². The zero-order valence-corrected chi connectivity index (χ0v) is 6.30. The second kappa shape index (κ2) is 1.94. The van der Waals surface area contributed by atoms with E-state index < -0.39 is 6.94 Å². The molecule has 0 amide bonds. The molecule has 1 nitrogen and oxygen atoms in total. The Bertz CT molecular complexity index is 67.3. The summed E-state index contributed by atoms with van der Waals surface area (Å²) in [5.41, 5.74) is 0. The van der Waals surface area contributed by atoms with Gasteiger partial charge in [0.15, 0.2) is 0 Å². The van der Waals surface area contributed by atoms with Crippen LogP contribution >= 0.6 is 22.2 Å². The lowest BCUT2D eigenvalue weighted by Crippen LogP contribution is -2.15. The standard InChI is InChI=1S/C3H6Cl2OSi/c4-7(5)3-1-2-6-7/h1-3H2. The van der Waals surface area contributed by atoms with Crippen LogP contribution in [0.3, 0.4) is 0 Å². The van der Waals surface area contributed by atoms with Crippen molar-refractivity contribution >= 4 is 29.1 Å². The molecule has 0 atom stereocenters. The topological polar surface area (TPSA) is 9.23 Å². The maximum atomic E-state index is 5.65. The molecule has 0 saturated carbocycles. The largest absolute Gasteiger partial charge is 0.392 e. The van der Waals surface area contributed by atoms with Gasteiger partial charge < -0.3 is 4.43 Å². The van der Waals surface area contributed by atoms with E-state index in [4.69, 9.17) is 26.6 Å². The van der Waals surface area contributed by atoms with E-state index in [2.05, 4.69) is 0 Å². The van der Waals surface area contributed by atoms with Crippen molar-refractivity contribution in [3.63, 3.8) is 0 Å². The van der Waals surface area contributed by atoms with Crippen molar-refractivity contribution in [3.8, 4) is 0 Å². The Labute approximate surface area is 53.1 Å². The molecule has 0 bridgehead atoms. The van der Waals surface area contributed by atoms with Crippen molar-refractivity contribution in [2.24, 2.45) is 0 Å². The fourth-order valence-electron chi connectivity index (χ4n) is 0.572. The first-order chi connectivity index (χ1) is 3.21. The van der Waals surface area contributed by atoms with Gasteiger partial charge in [0.2, 0.25) is 0 Å². The van der Waals surface area contributed by atoms with Crippen LogP contribution in [0.5, 0.6) is 0 Å². The molecule has 1 aliphatic heterocycles. The minimum atomic E-state index is -2.10. The van der Waals surface area contributed by atoms with Crippen LogP contribution in [-0.4, -0.2) is 13.5 Å². The van der Waals surface area contributed by atoms with Crippen molar-refractivity contribution in [1.29, 1.82) is 0 Å². The molecule has 0 aliphatic carbocycles. The summed E-state index contributed by atoms with van der Waals surface area (Å²) in [5, 5.41) is 0. The first-order valence-corrected chi connectivity index (χ1v) is 6.36. The van der Waals surface area contributed by atoms with Crippen LogP contribution in [0.25, 0.3) is 0 Å². The number of halogens is 2. The molecule has 0 spiro atoms. The maximum Gasteiger partial charge on any atom is 0.389 e. The van der Waals surface area contributed by atoms with Gasteiger partial charge in [0.05, 0.1) is 0 Å². The van der Waals surface area contributed by atoms with E-state index in [1.807, 2.05) is 0 Å². The molecule has 1 saturated heterocycles. The Morgan fingerprint density at radius 3 is 2.29 bits per heavy atom. The zero-order chi connectivity index (χ0) is 5.33. The Morgan fingerprint density at radius 2 is 2.14 bits per heavy atom. The summed E-state index contributed by atoms with van der Waals surface area (Å²) in [6, 6.07) is 0.899. The lowest BCUT2D eigenvalue weighted by atomic mass is 10.5. The van der Waals surface area contributed by atoms with Crippen LogP contribution in [0.15, 0.2) is 0 Å². The minimum absolute atomic E-state index is 0.763. The normalized spacial score (nSPS) is 28.3. The van der Waals surface area contributed by atoms with Gasteiger partial charge in [0.1, 0.15) is 0 Å². The van der Waals surface area contributed by atoms with Gasteiger partial charge >= 0.3 is 6.94 Å². The van der Waals surface area contributed by atoms with Crippen LogP contribution in [0.2, 0.25) is 6.04 Å².